The van der Waals surface area contributed by atoms with Gasteiger partial charge in [0, 0.05) is 25.8 Å². The van der Waals surface area contributed by atoms with Crippen LogP contribution in [0.3, 0.4) is 0 Å². The molecule has 1 unspecified atom stereocenters. The molecule has 1 aliphatic carbocycles. The number of amides is 1. The Bertz CT molecular complexity index is 717. The van der Waals surface area contributed by atoms with Crippen molar-refractivity contribution in [2.75, 3.05) is 24.5 Å². The molecule has 1 atom stereocenters. The third kappa shape index (κ3) is 2.46. The van der Waals surface area contributed by atoms with Gasteiger partial charge in [-0.1, -0.05) is 0 Å². The van der Waals surface area contributed by atoms with Crippen LogP contribution in [0.4, 0.5) is 5.69 Å². The van der Waals surface area contributed by atoms with E-state index in [2.05, 4.69) is 4.98 Å². The van der Waals surface area contributed by atoms with Gasteiger partial charge in [0.15, 0.2) is 0 Å². The van der Waals surface area contributed by atoms with Crippen molar-refractivity contribution in [1.82, 2.24) is 9.29 Å². The van der Waals surface area contributed by atoms with E-state index in [4.69, 9.17) is 0 Å². The van der Waals surface area contributed by atoms with Gasteiger partial charge >= 0.3 is 0 Å². The molecule has 0 radical (unpaired) electrons. The van der Waals surface area contributed by atoms with Gasteiger partial charge in [-0.25, -0.2) is 12.7 Å². The molecule has 0 bridgehead atoms. The van der Waals surface area contributed by atoms with Gasteiger partial charge in [0.2, 0.25) is 15.9 Å². The molecule has 1 saturated carbocycles. The number of carbonyl (C=O) groups is 1. The van der Waals surface area contributed by atoms with Gasteiger partial charge in [-0.15, -0.1) is 0 Å². The first-order valence-electron chi connectivity index (χ1n) is 8.24. The summed E-state index contributed by atoms with van der Waals surface area (Å²) in [6.07, 6.45) is 7.17. The van der Waals surface area contributed by atoms with Gasteiger partial charge < -0.3 is 4.90 Å². The third-order valence-corrected chi connectivity index (χ3v) is 7.66. The smallest absolute Gasteiger partial charge is 0.234 e. The number of aromatic nitrogens is 1. The Morgan fingerprint density at radius 2 is 2.04 bits per heavy atom. The van der Waals surface area contributed by atoms with Crippen LogP contribution in [0.2, 0.25) is 0 Å². The molecule has 0 aromatic carbocycles. The van der Waals surface area contributed by atoms with Crippen LogP contribution in [0.1, 0.15) is 32.1 Å². The van der Waals surface area contributed by atoms with Crippen LogP contribution in [0, 0.1) is 5.41 Å². The van der Waals surface area contributed by atoms with E-state index >= 15 is 0 Å². The Morgan fingerprint density at radius 1 is 1.22 bits per heavy atom. The zero-order chi connectivity index (χ0) is 16.1. The number of hydrogen-bond donors (Lipinski definition) is 0. The van der Waals surface area contributed by atoms with E-state index in [1.807, 2.05) is 12.1 Å². The largest absolute Gasteiger partial charge is 0.310 e. The minimum absolute atomic E-state index is 0.0567. The Hall–Kier alpha value is -1.47. The van der Waals surface area contributed by atoms with Crippen LogP contribution in [-0.2, 0) is 14.8 Å². The van der Waals surface area contributed by atoms with Crippen LogP contribution >= 0.6 is 0 Å². The molecule has 1 aromatic rings. The average molecular weight is 335 g/mol. The van der Waals surface area contributed by atoms with Gasteiger partial charge in [0.25, 0.3) is 0 Å². The fraction of sp³-hybridized carbons (Fsp3) is 0.625. The van der Waals surface area contributed by atoms with Gasteiger partial charge in [-0.05, 0) is 44.2 Å². The molecule has 6 nitrogen and oxygen atoms in total. The molecule has 0 N–H and O–H groups in total. The fourth-order valence-corrected chi connectivity index (χ4v) is 5.81. The summed E-state index contributed by atoms with van der Waals surface area (Å²) in [7, 11) is -3.21. The van der Waals surface area contributed by atoms with Crippen molar-refractivity contribution in [2.45, 2.75) is 37.4 Å². The molecule has 3 aliphatic rings. The number of sulfonamides is 1. The summed E-state index contributed by atoms with van der Waals surface area (Å²) in [5.41, 5.74) is 0.257. The average Bonchev–Trinajstić information content (AvgIpc) is 3.38. The summed E-state index contributed by atoms with van der Waals surface area (Å²) in [5, 5.41) is -0.205. The lowest BCUT2D eigenvalue weighted by Gasteiger charge is -2.38. The van der Waals surface area contributed by atoms with Crippen LogP contribution in [0.25, 0.3) is 0 Å². The predicted molar refractivity (Wildman–Crippen MR) is 86.4 cm³/mol. The number of anilines is 1. The van der Waals surface area contributed by atoms with Crippen LogP contribution in [0.5, 0.6) is 0 Å². The quantitative estimate of drug-likeness (QED) is 0.837. The Labute approximate surface area is 136 Å². The highest BCUT2D eigenvalue weighted by Crippen LogP contribution is 2.44. The lowest BCUT2D eigenvalue weighted by atomic mass is 9.79. The van der Waals surface area contributed by atoms with E-state index in [9.17, 15) is 13.2 Å². The third-order valence-electron chi connectivity index (χ3n) is 5.32. The summed E-state index contributed by atoms with van der Waals surface area (Å²) in [5.74, 6) is 0.0567. The molecule has 124 valence electrons. The van der Waals surface area contributed by atoms with E-state index in [1.54, 1.807) is 21.6 Å². The second kappa shape index (κ2) is 5.27. The Kier molecular flexibility index (Phi) is 3.46. The Morgan fingerprint density at radius 3 is 2.74 bits per heavy atom. The van der Waals surface area contributed by atoms with E-state index in [0.29, 0.717) is 19.6 Å². The van der Waals surface area contributed by atoms with Gasteiger partial charge in [0.1, 0.15) is 0 Å². The van der Waals surface area contributed by atoms with E-state index < -0.39 is 15.4 Å². The summed E-state index contributed by atoms with van der Waals surface area (Å²) in [6.45, 7) is 1.55. The van der Waals surface area contributed by atoms with E-state index in [0.717, 1.165) is 37.8 Å². The lowest BCUT2D eigenvalue weighted by molar-refractivity contribution is -0.127. The van der Waals surface area contributed by atoms with E-state index in [1.165, 1.54) is 0 Å². The molecule has 23 heavy (non-hydrogen) atoms. The van der Waals surface area contributed by atoms with Gasteiger partial charge in [0.05, 0.1) is 22.5 Å². The van der Waals surface area contributed by atoms with Crippen molar-refractivity contribution >= 4 is 21.6 Å². The highest BCUT2D eigenvalue weighted by atomic mass is 32.2. The minimum atomic E-state index is -3.21. The topological polar surface area (TPSA) is 70.6 Å². The molecular formula is C16H21N3O3S. The molecule has 1 amide bonds. The summed E-state index contributed by atoms with van der Waals surface area (Å²) in [4.78, 5) is 18.9. The predicted octanol–water partition coefficient (Wildman–Crippen LogP) is 1.39. The zero-order valence-corrected chi connectivity index (χ0v) is 13.8. The first-order valence-corrected chi connectivity index (χ1v) is 9.74. The van der Waals surface area contributed by atoms with Crippen molar-refractivity contribution in [1.29, 1.82) is 0 Å². The molecule has 7 heteroatoms. The number of carbonyl (C=O) groups excluding carboxylic acids is 1. The fourth-order valence-electron chi connectivity index (χ4n) is 3.84. The highest BCUT2D eigenvalue weighted by molar-refractivity contribution is 7.90. The maximum Gasteiger partial charge on any atom is 0.234 e. The maximum absolute atomic E-state index is 13.0. The van der Waals surface area contributed by atoms with Gasteiger partial charge in [-0.3, -0.25) is 9.78 Å². The summed E-state index contributed by atoms with van der Waals surface area (Å²) >= 11 is 0. The number of piperidine rings is 1. The lowest BCUT2D eigenvalue weighted by Crippen LogP contribution is -2.50. The summed E-state index contributed by atoms with van der Waals surface area (Å²) in [6, 6.07) is 3.70. The normalized spacial score (nSPS) is 29.4. The number of hydrogen-bond acceptors (Lipinski definition) is 4. The molecule has 3 fully saturated rings. The molecule has 2 saturated heterocycles. The SMILES string of the molecule is O=C1N(c2cccnc2)CCC12CCCN(S(=O)(=O)C1CC1)C2. The van der Waals surface area contributed by atoms with Crippen LogP contribution in [0.15, 0.2) is 24.5 Å². The monoisotopic (exact) mass is 335 g/mol. The highest BCUT2D eigenvalue weighted by Gasteiger charge is 2.52. The van der Waals surface area contributed by atoms with Crippen molar-refractivity contribution in [3.8, 4) is 0 Å². The number of rotatable bonds is 3. The second-order valence-corrected chi connectivity index (χ2v) is 9.09. The second-order valence-electron chi connectivity index (χ2n) is 6.88. The first-order chi connectivity index (χ1) is 11.0. The van der Waals surface area contributed by atoms with Crippen molar-refractivity contribution in [3.05, 3.63) is 24.5 Å². The standard InChI is InChI=1S/C16H21N3O3S/c20-15-16(7-10-19(15)13-3-1-8-17-11-13)6-2-9-18(12-16)23(21,22)14-4-5-14/h1,3,8,11,14H,2,4-7,9-10,12H2. The molecule has 3 heterocycles. The first kappa shape index (κ1) is 15.1. The van der Waals surface area contributed by atoms with Crippen molar-refractivity contribution in [3.63, 3.8) is 0 Å². The van der Waals surface area contributed by atoms with Crippen LogP contribution < -0.4 is 4.90 Å². The molecule has 4 rings (SSSR count). The molecule has 1 aromatic heterocycles. The zero-order valence-electron chi connectivity index (χ0n) is 13.0. The molecular weight excluding hydrogens is 314 g/mol. The Balaban J connectivity index is 1.58. The number of nitrogens with zero attached hydrogens (tertiary/aromatic N) is 3. The van der Waals surface area contributed by atoms with Crippen LogP contribution in [-0.4, -0.2) is 48.5 Å². The van der Waals surface area contributed by atoms with E-state index in [-0.39, 0.29) is 11.2 Å². The number of pyridine rings is 1. The maximum atomic E-state index is 13.0. The van der Waals surface area contributed by atoms with Crippen molar-refractivity contribution < 1.29 is 13.2 Å². The summed E-state index contributed by atoms with van der Waals surface area (Å²) < 4.78 is 26.7. The van der Waals surface area contributed by atoms with Crippen molar-refractivity contribution in [2.24, 2.45) is 5.41 Å². The minimum Gasteiger partial charge on any atom is -0.310 e. The van der Waals surface area contributed by atoms with Gasteiger partial charge in [-0.2, -0.15) is 0 Å². The molecule has 1 spiro atoms. The molecule has 2 aliphatic heterocycles.